The number of hydrogen-bond acceptors (Lipinski definition) is 4. The molecule has 0 amide bonds. The van der Waals surface area contributed by atoms with Crippen LogP contribution in [0.4, 0.5) is 0 Å². The molecule has 0 aliphatic heterocycles. The smallest absolute Gasteiger partial charge is 0.333 e. The van der Waals surface area contributed by atoms with Crippen molar-refractivity contribution in [1.82, 2.24) is 4.31 Å². The SMILES string of the molecule is C/C(=C\C(C)C)C(=O)O[C@@H]1C[C@H]2CC[C@]1(CS(=O)(=O)N(C1CCCCC1)C1CCCCC1)C2(C)C. The van der Waals surface area contributed by atoms with Crippen LogP contribution in [0.3, 0.4) is 0 Å². The predicted molar refractivity (Wildman–Crippen MR) is 141 cm³/mol. The molecule has 4 aliphatic carbocycles. The molecule has 4 saturated carbocycles. The first kappa shape index (κ1) is 27.2. The highest BCUT2D eigenvalue weighted by molar-refractivity contribution is 7.89. The summed E-state index contributed by atoms with van der Waals surface area (Å²) >= 11 is 0. The molecule has 0 aromatic heterocycles. The van der Waals surface area contributed by atoms with E-state index in [-0.39, 0.29) is 41.2 Å². The van der Waals surface area contributed by atoms with E-state index in [0.717, 1.165) is 70.6 Å². The molecule has 4 aliphatic rings. The summed E-state index contributed by atoms with van der Waals surface area (Å²) in [7, 11) is -3.50. The van der Waals surface area contributed by atoms with Crippen molar-refractivity contribution < 1.29 is 17.9 Å². The van der Waals surface area contributed by atoms with Gasteiger partial charge in [-0.2, -0.15) is 4.31 Å². The maximum Gasteiger partial charge on any atom is 0.333 e. The molecule has 0 unspecified atom stereocenters. The Morgan fingerprint density at radius 3 is 2.00 bits per heavy atom. The zero-order valence-corrected chi connectivity index (χ0v) is 23.7. The van der Waals surface area contributed by atoms with Gasteiger partial charge in [-0.05, 0) is 69.1 Å². The second kappa shape index (κ2) is 10.5. The minimum absolute atomic E-state index is 0.126. The minimum atomic E-state index is -3.50. The Hall–Kier alpha value is -0.880. The van der Waals surface area contributed by atoms with Gasteiger partial charge in [-0.1, -0.05) is 72.3 Å². The van der Waals surface area contributed by atoms with E-state index in [2.05, 4.69) is 27.7 Å². The summed E-state index contributed by atoms with van der Waals surface area (Å²) in [6.07, 6.45) is 15.2. The zero-order valence-electron chi connectivity index (χ0n) is 22.9. The quantitative estimate of drug-likeness (QED) is 0.273. The topological polar surface area (TPSA) is 63.7 Å². The third-order valence-electron chi connectivity index (χ3n) is 10.1. The van der Waals surface area contributed by atoms with Crippen LogP contribution in [0, 0.1) is 22.7 Å². The van der Waals surface area contributed by atoms with Gasteiger partial charge in [0.05, 0.1) is 5.75 Å². The zero-order chi connectivity index (χ0) is 25.4. The van der Waals surface area contributed by atoms with E-state index in [1.165, 1.54) is 12.8 Å². The summed E-state index contributed by atoms with van der Waals surface area (Å²) in [5.74, 6) is 0.525. The highest BCUT2D eigenvalue weighted by atomic mass is 32.2. The van der Waals surface area contributed by atoms with E-state index in [1.807, 2.05) is 17.3 Å². The average Bonchev–Trinajstić information content (AvgIpc) is 3.14. The summed E-state index contributed by atoms with van der Waals surface area (Å²) in [5, 5.41) is 0. The minimum Gasteiger partial charge on any atom is -0.458 e. The summed E-state index contributed by atoms with van der Waals surface area (Å²) in [5.41, 5.74) is -0.0400. The average molecular weight is 508 g/mol. The largest absolute Gasteiger partial charge is 0.458 e. The molecule has 4 fully saturated rings. The molecular weight excluding hydrogens is 458 g/mol. The molecule has 0 aromatic rings. The van der Waals surface area contributed by atoms with Crippen molar-refractivity contribution in [3.8, 4) is 0 Å². The first-order valence-electron chi connectivity index (χ1n) is 14.4. The second-order valence-corrected chi connectivity index (χ2v) is 14.9. The molecule has 0 heterocycles. The number of ether oxygens (including phenoxy) is 1. The number of esters is 1. The summed E-state index contributed by atoms with van der Waals surface area (Å²) in [6.45, 7) is 10.4. The lowest BCUT2D eigenvalue weighted by molar-refractivity contribution is -0.151. The maximum atomic E-state index is 14.4. The molecular formula is C29H49NO4S. The molecule has 2 bridgehead atoms. The van der Waals surface area contributed by atoms with Crippen LogP contribution in [0.1, 0.15) is 118 Å². The molecule has 3 atom stereocenters. The number of allylic oxidation sites excluding steroid dienone is 1. The van der Waals surface area contributed by atoms with E-state index in [9.17, 15) is 13.2 Å². The van der Waals surface area contributed by atoms with Crippen molar-refractivity contribution in [1.29, 1.82) is 0 Å². The van der Waals surface area contributed by atoms with Gasteiger partial charge in [0, 0.05) is 23.1 Å². The Morgan fingerprint density at radius 1 is 0.971 bits per heavy atom. The molecule has 0 radical (unpaired) electrons. The van der Waals surface area contributed by atoms with Crippen LogP contribution < -0.4 is 0 Å². The van der Waals surface area contributed by atoms with Gasteiger partial charge in [-0.15, -0.1) is 0 Å². The molecule has 35 heavy (non-hydrogen) atoms. The van der Waals surface area contributed by atoms with Crippen molar-refractivity contribution in [2.45, 2.75) is 136 Å². The standard InChI is InChI=1S/C29H49NO4S/c1-21(2)18-22(3)27(31)34-26-19-23-16-17-29(26,28(23,4)5)20-35(32,33)30(24-12-8-6-9-13-24)25-14-10-7-11-15-25/h18,21,23-26H,6-17,19-20H2,1-5H3/b22-18+/t23-,26-,29-/m1/s1. The molecule has 0 N–H and O–H groups in total. The lowest BCUT2D eigenvalue weighted by Crippen LogP contribution is -2.54. The van der Waals surface area contributed by atoms with E-state index >= 15 is 0 Å². The van der Waals surface area contributed by atoms with E-state index in [0.29, 0.717) is 11.5 Å². The van der Waals surface area contributed by atoms with Gasteiger partial charge in [0.1, 0.15) is 6.10 Å². The molecule has 4 rings (SSSR count). The van der Waals surface area contributed by atoms with Gasteiger partial charge in [-0.3, -0.25) is 0 Å². The highest BCUT2D eigenvalue weighted by Crippen LogP contribution is 2.67. The number of sulfonamides is 1. The van der Waals surface area contributed by atoms with Crippen LogP contribution in [0.2, 0.25) is 0 Å². The van der Waals surface area contributed by atoms with Crippen LogP contribution in [0.15, 0.2) is 11.6 Å². The van der Waals surface area contributed by atoms with Crippen molar-refractivity contribution in [3.05, 3.63) is 11.6 Å². The van der Waals surface area contributed by atoms with Gasteiger partial charge >= 0.3 is 5.97 Å². The van der Waals surface area contributed by atoms with Gasteiger partial charge < -0.3 is 4.74 Å². The molecule has 6 heteroatoms. The van der Waals surface area contributed by atoms with Gasteiger partial charge in [0.2, 0.25) is 10.0 Å². The van der Waals surface area contributed by atoms with Crippen LogP contribution >= 0.6 is 0 Å². The third-order valence-corrected chi connectivity index (χ3v) is 12.3. The lowest BCUT2D eigenvalue weighted by atomic mass is 9.69. The molecule has 200 valence electrons. The maximum absolute atomic E-state index is 14.4. The Kier molecular flexibility index (Phi) is 8.13. The predicted octanol–water partition coefficient (Wildman–Crippen LogP) is 6.62. The Morgan fingerprint density at radius 2 is 1.51 bits per heavy atom. The Balaban J connectivity index is 1.63. The van der Waals surface area contributed by atoms with Crippen LogP contribution in [0.5, 0.6) is 0 Å². The van der Waals surface area contributed by atoms with Crippen molar-refractivity contribution >= 4 is 16.0 Å². The number of nitrogens with zero attached hydrogens (tertiary/aromatic N) is 1. The lowest BCUT2D eigenvalue weighted by Gasteiger charge is -2.46. The monoisotopic (exact) mass is 507 g/mol. The number of carbonyl (C=O) groups is 1. The first-order valence-corrected chi connectivity index (χ1v) is 16.0. The van der Waals surface area contributed by atoms with Gasteiger partial charge in [-0.25, -0.2) is 13.2 Å². The van der Waals surface area contributed by atoms with Crippen LogP contribution in [-0.4, -0.2) is 42.6 Å². The van der Waals surface area contributed by atoms with Gasteiger partial charge in [0.15, 0.2) is 0 Å². The normalized spacial score (nSPS) is 32.5. The van der Waals surface area contributed by atoms with Crippen molar-refractivity contribution in [3.63, 3.8) is 0 Å². The summed E-state index contributed by atoms with van der Waals surface area (Å²) in [4.78, 5) is 13.0. The number of hydrogen-bond donors (Lipinski definition) is 0. The third kappa shape index (κ3) is 5.26. The van der Waals surface area contributed by atoms with Crippen LogP contribution in [0.25, 0.3) is 0 Å². The molecule has 0 saturated heterocycles. The summed E-state index contributed by atoms with van der Waals surface area (Å²) < 4.78 is 37.1. The molecule has 0 aromatic carbocycles. The Labute approximate surface area is 214 Å². The van der Waals surface area contributed by atoms with Crippen molar-refractivity contribution in [2.75, 3.05) is 5.75 Å². The van der Waals surface area contributed by atoms with E-state index in [1.54, 1.807) is 0 Å². The summed E-state index contributed by atoms with van der Waals surface area (Å²) in [6, 6.07) is 0.291. The number of rotatable bonds is 8. The molecule has 5 nitrogen and oxygen atoms in total. The second-order valence-electron chi connectivity index (χ2n) is 13.0. The van der Waals surface area contributed by atoms with E-state index in [4.69, 9.17) is 4.74 Å². The molecule has 0 spiro atoms. The Bertz CT molecular complexity index is 878. The van der Waals surface area contributed by atoms with Gasteiger partial charge in [0.25, 0.3) is 0 Å². The fourth-order valence-electron chi connectivity index (χ4n) is 8.12. The first-order chi connectivity index (χ1) is 16.5. The highest BCUT2D eigenvalue weighted by Gasteiger charge is 2.67. The van der Waals surface area contributed by atoms with Crippen molar-refractivity contribution in [2.24, 2.45) is 22.7 Å². The fourth-order valence-corrected chi connectivity index (χ4v) is 11.0. The number of fused-ring (bicyclic) bond motifs is 2. The van der Waals surface area contributed by atoms with E-state index < -0.39 is 15.4 Å². The number of carbonyl (C=O) groups excluding carboxylic acids is 1. The van der Waals surface area contributed by atoms with Crippen LogP contribution in [-0.2, 0) is 19.6 Å². The fraction of sp³-hybridized carbons (Fsp3) is 0.897.